The Labute approximate surface area is 68.7 Å². The monoisotopic (exact) mass is 154 g/mol. The Morgan fingerprint density at radius 1 is 1.30 bits per heavy atom. The lowest BCUT2D eigenvalue weighted by atomic mass is 10.2. The van der Waals surface area contributed by atoms with Crippen molar-refractivity contribution in [3.63, 3.8) is 0 Å². The average molecular weight is 154 g/mol. The molecule has 0 aliphatic heterocycles. The minimum absolute atomic E-state index is 0.716. The molecule has 0 atom stereocenters. The van der Waals surface area contributed by atoms with Gasteiger partial charge in [-0.15, -0.1) is 0 Å². The van der Waals surface area contributed by atoms with Crippen molar-refractivity contribution in [1.29, 1.82) is 0 Å². The molecule has 0 radical (unpaired) electrons. The number of hydrogen-bond donors (Lipinski definition) is 1. The van der Waals surface area contributed by atoms with Crippen LogP contribution in [0.25, 0.3) is 0 Å². The Morgan fingerprint density at radius 3 is 2.20 bits per heavy atom. The van der Waals surface area contributed by atoms with Crippen molar-refractivity contribution in [2.45, 2.75) is 13.3 Å². The molecule has 0 amide bonds. The van der Waals surface area contributed by atoms with E-state index < -0.39 is 0 Å². The summed E-state index contributed by atoms with van der Waals surface area (Å²) in [5.41, 5.74) is 2.15. The van der Waals surface area contributed by atoms with E-state index in [1.165, 1.54) is 0 Å². The summed E-state index contributed by atoms with van der Waals surface area (Å²) in [7, 11) is 0. The molecule has 0 aliphatic rings. The fraction of sp³-hybridized carbons (Fsp3) is 0.333. The number of allylic oxidation sites excluding steroid dienone is 3. The SMILES string of the molecule is C=C(/C=C\C(=C)CS)CC. The van der Waals surface area contributed by atoms with Crippen LogP contribution in [0.4, 0.5) is 0 Å². The van der Waals surface area contributed by atoms with E-state index in [0.29, 0.717) is 5.75 Å². The zero-order valence-electron chi connectivity index (χ0n) is 6.43. The maximum atomic E-state index is 4.07. The maximum Gasteiger partial charge on any atom is 0.0148 e. The molecule has 0 aromatic heterocycles. The molecule has 1 heteroatoms. The lowest BCUT2D eigenvalue weighted by Gasteiger charge is -1.92. The van der Waals surface area contributed by atoms with Gasteiger partial charge in [-0.05, 0) is 12.0 Å². The highest BCUT2D eigenvalue weighted by atomic mass is 32.1. The Morgan fingerprint density at radius 2 is 1.80 bits per heavy atom. The summed E-state index contributed by atoms with van der Waals surface area (Å²) in [5.74, 6) is 0.716. The van der Waals surface area contributed by atoms with Gasteiger partial charge in [-0.1, -0.05) is 37.8 Å². The van der Waals surface area contributed by atoms with E-state index in [9.17, 15) is 0 Å². The number of hydrogen-bond acceptors (Lipinski definition) is 1. The molecule has 0 N–H and O–H groups in total. The molecule has 0 bridgehead atoms. The molecule has 0 aromatic carbocycles. The smallest absolute Gasteiger partial charge is 0.0148 e. The van der Waals surface area contributed by atoms with Crippen LogP contribution >= 0.6 is 12.6 Å². The van der Waals surface area contributed by atoms with Crippen molar-refractivity contribution in [3.05, 3.63) is 36.5 Å². The van der Waals surface area contributed by atoms with E-state index >= 15 is 0 Å². The number of thiol groups is 1. The van der Waals surface area contributed by atoms with Gasteiger partial charge in [-0.25, -0.2) is 0 Å². The van der Waals surface area contributed by atoms with Gasteiger partial charge in [0, 0.05) is 5.75 Å². The third-order valence-corrected chi connectivity index (χ3v) is 1.62. The van der Waals surface area contributed by atoms with Crippen molar-refractivity contribution in [2.75, 3.05) is 5.75 Å². The Bertz CT molecular complexity index is 136. The van der Waals surface area contributed by atoms with Gasteiger partial charge in [0.15, 0.2) is 0 Å². The lowest BCUT2D eigenvalue weighted by molar-refractivity contribution is 1.16. The normalized spacial score (nSPS) is 10.2. The summed E-state index contributed by atoms with van der Waals surface area (Å²) in [6, 6.07) is 0. The largest absolute Gasteiger partial charge is 0.175 e. The molecule has 0 saturated heterocycles. The summed E-state index contributed by atoms with van der Waals surface area (Å²) in [5, 5.41) is 0. The molecule has 0 aliphatic carbocycles. The summed E-state index contributed by atoms with van der Waals surface area (Å²) < 4.78 is 0. The van der Waals surface area contributed by atoms with Crippen LogP contribution in [0, 0.1) is 0 Å². The quantitative estimate of drug-likeness (QED) is 0.467. The first-order valence-electron chi connectivity index (χ1n) is 3.35. The highest BCUT2D eigenvalue weighted by Gasteiger charge is 1.83. The van der Waals surface area contributed by atoms with Crippen molar-refractivity contribution >= 4 is 12.6 Å². The van der Waals surface area contributed by atoms with E-state index in [1.54, 1.807) is 0 Å². The average Bonchev–Trinajstić information content (AvgIpc) is 1.99. The zero-order valence-corrected chi connectivity index (χ0v) is 7.32. The van der Waals surface area contributed by atoms with Crippen molar-refractivity contribution < 1.29 is 0 Å². The molecule has 0 heterocycles. The summed E-state index contributed by atoms with van der Waals surface area (Å²) in [6.07, 6.45) is 4.94. The van der Waals surface area contributed by atoms with Crippen LogP contribution in [0.5, 0.6) is 0 Å². The molecular weight excluding hydrogens is 140 g/mol. The zero-order chi connectivity index (χ0) is 7.98. The molecule has 0 spiro atoms. The second kappa shape index (κ2) is 5.36. The minimum atomic E-state index is 0.716. The molecule has 0 saturated carbocycles. The van der Waals surface area contributed by atoms with Gasteiger partial charge in [-0.2, -0.15) is 12.6 Å². The van der Waals surface area contributed by atoms with E-state index in [4.69, 9.17) is 0 Å². The molecular formula is C9H14S. The van der Waals surface area contributed by atoms with Gasteiger partial charge in [0.05, 0.1) is 0 Å². The fourth-order valence-electron chi connectivity index (χ4n) is 0.406. The molecule has 56 valence electrons. The first kappa shape index (κ1) is 9.57. The number of rotatable bonds is 4. The van der Waals surface area contributed by atoms with Gasteiger partial charge < -0.3 is 0 Å². The standard InChI is InChI=1S/C9H14S/c1-4-8(2)5-6-9(3)7-10/h5-6,10H,2-4,7H2,1H3/b6-5-. The summed E-state index contributed by atoms with van der Waals surface area (Å²) in [4.78, 5) is 0. The van der Waals surface area contributed by atoms with E-state index in [1.807, 2.05) is 12.2 Å². The summed E-state index contributed by atoms with van der Waals surface area (Å²) >= 11 is 4.07. The Kier molecular flexibility index (Phi) is 5.13. The second-order valence-electron chi connectivity index (χ2n) is 2.16. The Hall–Kier alpha value is -0.430. The minimum Gasteiger partial charge on any atom is -0.175 e. The van der Waals surface area contributed by atoms with Crippen LogP contribution in [0.15, 0.2) is 36.5 Å². The topological polar surface area (TPSA) is 0 Å². The van der Waals surface area contributed by atoms with Crippen LogP contribution in [0.2, 0.25) is 0 Å². The van der Waals surface area contributed by atoms with Crippen LogP contribution in [0.1, 0.15) is 13.3 Å². The predicted octanol–water partition coefficient (Wildman–Crippen LogP) is 2.99. The van der Waals surface area contributed by atoms with Crippen molar-refractivity contribution in [1.82, 2.24) is 0 Å². The Balaban J connectivity index is 3.75. The third kappa shape index (κ3) is 4.45. The maximum absolute atomic E-state index is 4.07. The molecule has 0 rings (SSSR count). The van der Waals surface area contributed by atoms with Gasteiger partial charge >= 0.3 is 0 Å². The third-order valence-electron chi connectivity index (χ3n) is 1.21. The lowest BCUT2D eigenvalue weighted by Crippen LogP contribution is -1.75. The first-order valence-corrected chi connectivity index (χ1v) is 3.98. The predicted molar refractivity (Wildman–Crippen MR) is 51.6 cm³/mol. The van der Waals surface area contributed by atoms with Crippen LogP contribution in [0.3, 0.4) is 0 Å². The van der Waals surface area contributed by atoms with Crippen molar-refractivity contribution in [2.24, 2.45) is 0 Å². The van der Waals surface area contributed by atoms with Gasteiger partial charge in [0.25, 0.3) is 0 Å². The van der Waals surface area contributed by atoms with Crippen LogP contribution in [-0.2, 0) is 0 Å². The van der Waals surface area contributed by atoms with E-state index in [-0.39, 0.29) is 0 Å². The van der Waals surface area contributed by atoms with Gasteiger partial charge in [0.1, 0.15) is 0 Å². The van der Waals surface area contributed by atoms with Gasteiger partial charge in [0.2, 0.25) is 0 Å². The first-order chi connectivity index (χ1) is 4.70. The van der Waals surface area contributed by atoms with Gasteiger partial charge in [-0.3, -0.25) is 0 Å². The fourth-order valence-corrected chi connectivity index (χ4v) is 0.512. The highest BCUT2D eigenvalue weighted by molar-refractivity contribution is 7.80. The summed E-state index contributed by atoms with van der Waals surface area (Å²) in [6.45, 7) is 9.68. The van der Waals surface area contributed by atoms with E-state index in [2.05, 4.69) is 32.7 Å². The second-order valence-corrected chi connectivity index (χ2v) is 2.48. The van der Waals surface area contributed by atoms with Crippen LogP contribution in [-0.4, -0.2) is 5.75 Å². The molecule has 0 fully saturated rings. The molecule has 10 heavy (non-hydrogen) atoms. The molecule has 0 aromatic rings. The van der Waals surface area contributed by atoms with Crippen LogP contribution < -0.4 is 0 Å². The molecule has 0 unspecified atom stereocenters. The molecule has 0 nitrogen and oxygen atoms in total. The highest BCUT2D eigenvalue weighted by Crippen LogP contribution is 2.02. The van der Waals surface area contributed by atoms with Crippen molar-refractivity contribution in [3.8, 4) is 0 Å². The van der Waals surface area contributed by atoms with E-state index in [0.717, 1.165) is 17.6 Å².